The predicted molar refractivity (Wildman–Crippen MR) is 141 cm³/mol. The van der Waals surface area contributed by atoms with Gasteiger partial charge in [-0.15, -0.1) is 10.2 Å². The number of nitro groups is 1. The minimum Gasteiger partial charge on any atom is -0.360 e. The Balaban J connectivity index is 1.47. The lowest BCUT2D eigenvalue weighted by molar-refractivity contribution is -0.384. The molecule has 0 atom stereocenters. The van der Waals surface area contributed by atoms with E-state index < -0.39 is 4.92 Å². The summed E-state index contributed by atoms with van der Waals surface area (Å²) in [6.07, 6.45) is 1.90. The summed E-state index contributed by atoms with van der Waals surface area (Å²) in [7, 11) is 0. The van der Waals surface area contributed by atoms with Gasteiger partial charge in [0.25, 0.3) is 5.69 Å². The molecule has 0 spiro atoms. The van der Waals surface area contributed by atoms with Crippen molar-refractivity contribution in [1.82, 2.24) is 19.7 Å². The number of para-hydroxylation sites is 2. The second kappa shape index (κ2) is 9.67. The minimum absolute atomic E-state index is 0.00291. The molecule has 3 aromatic carbocycles. The Labute approximate surface area is 210 Å². The number of aryl methyl sites for hydroxylation is 2. The van der Waals surface area contributed by atoms with Gasteiger partial charge in [-0.05, 0) is 43.2 Å². The van der Waals surface area contributed by atoms with E-state index in [4.69, 9.17) is 0 Å². The van der Waals surface area contributed by atoms with E-state index in [1.165, 1.54) is 17.8 Å². The van der Waals surface area contributed by atoms with Crippen LogP contribution in [0.5, 0.6) is 0 Å². The van der Waals surface area contributed by atoms with Crippen LogP contribution in [0.2, 0.25) is 0 Å². The first kappa shape index (κ1) is 23.3. The molecular weight excluding hydrogens is 476 g/mol. The summed E-state index contributed by atoms with van der Waals surface area (Å²) in [5.41, 5.74) is 4.58. The number of thioether (sulfide) groups is 1. The molecule has 0 saturated heterocycles. The number of hydrogen-bond donors (Lipinski definition) is 2. The second-order valence-corrected chi connectivity index (χ2v) is 9.23. The maximum absolute atomic E-state index is 12.8. The summed E-state index contributed by atoms with van der Waals surface area (Å²) in [4.78, 5) is 26.9. The van der Waals surface area contributed by atoms with Crippen molar-refractivity contribution in [2.75, 3.05) is 11.1 Å². The number of rotatable bonds is 7. The van der Waals surface area contributed by atoms with Crippen molar-refractivity contribution in [3.05, 3.63) is 94.2 Å². The van der Waals surface area contributed by atoms with E-state index in [0.29, 0.717) is 11.0 Å². The van der Waals surface area contributed by atoms with Crippen LogP contribution in [0.3, 0.4) is 0 Å². The van der Waals surface area contributed by atoms with Crippen LogP contribution < -0.4 is 5.32 Å². The highest BCUT2D eigenvalue weighted by Crippen LogP contribution is 2.33. The first-order valence-electron chi connectivity index (χ1n) is 11.2. The standard InChI is InChI=1S/C26H22N6O3S/c1-16-11-12-21(23(13-16)32(34)35)28-24(33)15-36-26-30-29-25(31(26)22-10-6-3-7-17(22)2)19-14-27-20-9-5-4-8-18(19)20/h3-14,27H,15H2,1-2H3,(H,28,33). The summed E-state index contributed by atoms with van der Waals surface area (Å²) in [5.74, 6) is 0.280. The van der Waals surface area contributed by atoms with Gasteiger partial charge in [0.15, 0.2) is 11.0 Å². The molecule has 0 aliphatic rings. The van der Waals surface area contributed by atoms with Gasteiger partial charge in [0.2, 0.25) is 5.91 Å². The Hall–Kier alpha value is -4.44. The highest BCUT2D eigenvalue weighted by atomic mass is 32.2. The SMILES string of the molecule is Cc1ccc(NC(=O)CSc2nnc(-c3c[nH]c4ccccc34)n2-c2ccccc2C)c([N+](=O)[O-])c1. The molecule has 0 aliphatic heterocycles. The number of amides is 1. The van der Waals surface area contributed by atoms with Crippen molar-refractivity contribution in [3.8, 4) is 17.1 Å². The van der Waals surface area contributed by atoms with Crippen LogP contribution >= 0.6 is 11.8 Å². The van der Waals surface area contributed by atoms with Crippen molar-refractivity contribution in [1.29, 1.82) is 0 Å². The first-order valence-corrected chi connectivity index (χ1v) is 12.2. The maximum Gasteiger partial charge on any atom is 0.293 e. The first-order chi connectivity index (χ1) is 17.4. The number of aromatic amines is 1. The van der Waals surface area contributed by atoms with Crippen molar-refractivity contribution in [2.45, 2.75) is 19.0 Å². The average molecular weight is 499 g/mol. The van der Waals surface area contributed by atoms with E-state index >= 15 is 0 Å². The summed E-state index contributed by atoms with van der Waals surface area (Å²) in [6.45, 7) is 3.77. The van der Waals surface area contributed by atoms with Gasteiger partial charge in [0.1, 0.15) is 5.69 Å². The summed E-state index contributed by atoms with van der Waals surface area (Å²) in [6, 6.07) is 20.5. The van der Waals surface area contributed by atoms with E-state index in [1.807, 2.05) is 66.2 Å². The van der Waals surface area contributed by atoms with Gasteiger partial charge < -0.3 is 10.3 Å². The van der Waals surface area contributed by atoms with Crippen molar-refractivity contribution in [2.24, 2.45) is 0 Å². The Kier molecular flexibility index (Phi) is 6.26. The largest absolute Gasteiger partial charge is 0.360 e. The van der Waals surface area contributed by atoms with Crippen LogP contribution in [0.4, 0.5) is 11.4 Å². The summed E-state index contributed by atoms with van der Waals surface area (Å²) < 4.78 is 1.94. The van der Waals surface area contributed by atoms with Crippen molar-refractivity contribution < 1.29 is 9.72 Å². The normalized spacial score (nSPS) is 11.1. The quantitative estimate of drug-likeness (QED) is 0.169. The molecule has 0 unspecified atom stereocenters. The fourth-order valence-electron chi connectivity index (χ4n) is 4.04. The van der Waals surface area contributed by atoms with Crippen LogP contribution in [0, 0.1) is 24.0 Å². The van der Waals surface area contributed by atoms with E-state index in [9.17, 15) is 14.9 Å². The van der Waals surface area contributed by atoms with Gasteiger partial charge >= 0.3 is 0 Å². The molecule has 0 saturated carbocycles. The summed E-state index contributed by atoms with van der Waals surface area (Å²) >= 11 is 1.22. The molecule has 0 radical (unpaired) electrons. The van der Waals surface area contributed by atoms with Gasteiger partial charge in [0, 0.05) is 28.7 Å². The van der Waals surface area contributed by atoms with Crippen LogP contribution in [0.1, 0.15) is 11.1 Å². The molecule has 1 amide bonds. The fraction of sp³-hybridized carbons (Fsp3) is 0.115. The molecule has 0 aliphatic carbocycles. The molecule has 5 aromatic rings. The number of nitro benzene ring substituents is 1. The Morgan fingerprint density at radius 3 is 2.67 bits per heavy atom. The predicted octanol–water partition coefficient (Wildman–Crippen LogP) is 5.67. The van der Waals surface area contributed by atoms with Crippen LogP contribution in [-0.2, 0) is 4.79 Å². The zero-order valence-electron chi connectivity index (χ0n) is 19.6. The Morgan fingerprint density at radius 2 is 1.86 bits per heavy atom. The van der Waals surface area contributed by atoms with E-state index in [1.54, 1.807) is 19.1 Å². The number of anilines is 1. The average Bonchev–Trinajstić information content (AvgIpc) is 3.48. The lowest BCUT2D eigenvalue weighted by atomic mass is 10.1. The number of carbonyl (C=O) groups excluding carboxylic acids is 1. The lowest BCUT2D eigenvalue weighted by Crippen LogP contribution is -2.15. The van der Waals surface area contributed by atoms with Gasteiger partial charge in [-0.1, -0.05) is 54.2 Å². The molecule has 0 fully saturated rings. The third-order valence-electron chi connectivity index (χ3n) is 5.78. The molecule has 10 heteroatoms. The third kappa shape index (κ3) is 4.46. The monoisotopic (exact) mass is 498 g/mol. The van der Waals surface area contributed by atoms with E-state index in [2.05, 4.69) is 20.5 Å². The molecular formula is C26H22N6O3S. The summed E-state index contributed by atoms with van der Waals surface area (Å²) in [5, 5.41) is 24.5. The molecule has 2 aromatic heterocycles. The van der Waals surface area contributed by atoms with Crippen molar-refractivity contribution >= 4 is 39.9 Å². The number of carbonyl (C=O) groups is 1. The zero-order valence-corrected chi connectivity index (χ0v) is 20.4. The Bertz CT molecular complexity index is 1610. The molecule has 9 nitrogen and oxygen atoms in total. The van der Waals surface area contributed by atoms with E-state index in [-0.39, 0.29) is 23.0 Å². The van der Waals surface area contributed by atoms with Crippen LogP contribution in [0.25, 0.3) is 28.0 Å². The zero-order chi connectivity index (χ0) is 25.2. The minimum atomic E-state index is -0.502. The Morgan fingerprint density at radius 1 is 1.08 bits per heavy atom. The molecule has 0 bridgehead atoms. The number of hydrogen-bond acceptors (Lipinski definition) is 6. The topological polar surface area (TPSA) is 119 Å². The molecule has 2 N–H and O–H groups in total. The van der Waals surface area contributed by atoms with Gasteiger partial charge in [-0.3, -0.25) is 19.5 Å². The third-order valence-corrected chi connectivity index (χ3v) is 6.71. The maximum atomic E-state index is 12.8. The fourth-order valence-corrected chi connectivity index (χ4v) is 4.79. The second-order valence-electron chi connectivity index (χ2n) is 8.29. The van der Waals surface area contributed by atoms with Gasteiger partial charge in [0.05, 0.1) is 16.4 Å². The van der Waals surface area contributed by atoms with Gasteiger partial charge in [-0.25, -0.2) is 0 Å². The van der Waals surface area contributed by atoms with Crippen LogP contribution in [-0.4, -0.2) is 36.3 Å². The smallest absolute Gasteiger partial charge is 0.293 e. The lowest BCUT2D eigenvalue weighted by Gasteiger charge is -2.12. The highest BCUT2D eigenvalue weighted by molar-refractivity contribution is 7.99. The molecule has 180 valence electrons. The molecule has 36 heavy (non-hydrogen) atoms. The van der Waals surface area contributed by atoms with Gasteiger partial charge in [-0.2, -0.15) is 0 Å². The molecule has 2 heterocycles. The molecule has 5 rings (SSSR count). The highest BCUT2D eigenvalue weighted by Gasteiger charge is 2.21. The number of benzene rings is 3. The number of nitrogens with zero attached hydrogens (tertiary/aromatic N) is 4. The number of H-pyrrole nitrogens is 1. The number of fused-ring (bicyclic) bond motifs is 1. The van der Waals surface area contributed by atoms with Crippen LogP contribution in [0.15, 0.2) is 78.1 Å². The van der Waals surface area contributed by atoms with E-state index in [0.717, 1.165) is 33.3 Å². The number of nitrogens with one attached hydrogen (secondary N) is 2. The number of aromatic nitrogens is 4. The van der Waals surface area contributed by atoms with Crippen molar-refractivity contribution in [3.63, 3.8) is 0 Å².